The molecule has 0 unspecified atom stereocenters. The highest BCUT2D eigenvalue weighted by molar-refractivity contribution is 6.01. The number of carbonyl (C=O) groups excluding carboxylic acids is 1. The lowest BCUT2D eigenvalue weighted by Gasteiger charge is -2.09. The average Bonchev–Trinajstić information content (AvgIpc) is 2.26. The van der Waals surface area contributed by atoms with Gasteiger partial charge in [0.15, 0.2) is 5.71 Å². The molecule has 0 aromatic rings. The van der Waals surface area contributed by atoms with Gasteiger partial charge in [-0.05, 0) is 12.3 Å². The first-order chi connectivity index (χ1) is 7.13. The number of methoxy groups -OCH3 is 1. The molecule has 0 saturated heterocycles. The smallest absolute Gasteiger partial charge is 0.305 e. The zero-order chi connectivity index (χ0) is 11.3. The second kappa shape index (κ2) is 5.49. The molecule has 3 nitrogen and oxygen atoms in total. The van der Waals surface area contributed by atoms with Crippen molar-refractivity contribution < 1.29 is 14.1 Å². The van der Waals surface area contributed by atoms with Crippen molar-refractivity contribution in [2.24, 2.45) is 5.92 Å². The first-order valence-corrected chi connectivity index (χ1v) is 5.11. The summed E-state index contributed by atoms with van der Waals surface area (Å²) in [5.41, 5.74) is 1.18. The molecular formula is C12H18NO2+. The minimum absolute atomic E-state index is 0.140. The van der Waals surface area contributed by atoms with Crippen LogP contribution in [-0.4, -0.2) is 37.5 Å². The third-order valence-electron chi connectivity index (χ3n) is 2.45. The Kier molecular flexibility index (Phi) is 4.28. The van der Waals surface area contributed by atoms with E-state index in [1.807, 2.05) is 14.1 Å². The topological polar surface area (TPSA) is 29.3 Å². The minimum Gasteiger partial charge on any atom is -0.469 e. The Morgan fingerprint density at radius 1 is 1.40 bits per heavy atom. The number of rotatable bonds is 3. The Bertz CT molecular complexity index is 307. The number of hydrogen-bond donors (Lipinski definition) is 0. The van der Waals surface area contributed by atoms with E-state index in [4.69, 9.17) is 0 Å². The largest absolute Gasteiger partial charge is 0.469 e. The summed E-state index contributed by atoms with van der Waals surface area (Å²) in [5, 5.41) is 0. The average molecular weight is 208 g/mol. The number of carbonyl (C=O) groups is 1. The molecule has 15 heavy (non-hydrogen) atoms. The molecule has 3 heteroatoms. The molecule has 1 aliphatic carbocycles. The molecule has 0 amide bonds. The second-order valence-corrected chi connectivity index (χ2v) is 3.82. The highest BCUT2D eigenvalue weighted by Crippen LogP contribution is 2.14. The molecule has 0 fully saturated rings. The van der Waals surface area contributed by atoms with Crippen molar-refractivity contribution in [3.63, 3.8) is 0 Å². The van der Waals surface area contributed by atoms with Crippen LogP contribution in [0.25, 0.3) is 0 Å². The minimum atomic E-state index is -0.140. The fourth-order valence-electron chi connectivity index (χ4n) is 1.44. The zero-order valence-corrected chi connectivity index (χ0v) is 9.56. The van der Waals surface area contributed by atoms with Gasteiger partial charge >= 0.3 is 5.97 Å². The SMILES string of the molecule is COC(=O)CCC1C=CC(=[N+](C)C)C=C1. The van der Waals surface area contributed by atoms with Gasteiger partial charge in [-0.1, -0.05) is 12.2 Å². The Morgan fingerprint density at radius 3 is 2.47 bits per heavy atom. The molecule has 0 spiro atoms. The summed E-state index contributed by atoms with van der Waals surface area (Å²) in [5.74, 6) is 0.215. The van der Waals surface area contributed by atoms with Gasteiger partial charge in [0, 0.05) is 18.6 Å². The van der Waals surface area contributed by atoms with Crippen LogP contribution in [0.1, 0.15) is 12.8 Å². The summed E-state index contributed by atoms with van der Waals surface area (Å²) in [7, 11) is 5.45. The van der Waals surface area contributed by atoms with E-state index >= 15 is 0 Å². The molecule has 82 valence electrons. The Morgan fingerprint density at radius 2 is 2.00 bits per heavy atom. The molecule has 0 aromatic carbocycles. The summed E-state index contributed by atoms with van der Waals surface area (Å²) in [6.45, 7) is 0. The van der Waals surface area contributed by atoms with Crippen LogP contribution in [0.5, 0.6) is 0 Å². The quantitative estimate of drug-likeness (QED) is 0.518. The molecule has 0 bridgehead atoms. The van der Waals surface area contributed by atoms with Crippen LogP contribution in [0.4, 0.5) is 0 Å². The standard InChI is InChI=1S/C12H18NO2/c1-13(2)11-7-4-10(5-8-11)6-9-12(14)15-3/h4-5,7-8,10H,6,9H2,1-3H3/q+1. The molecule has 0 aliphatic heterocycles. The predicted octanol–water partition coefficient (Wildman–Crippen LogP) is 1.39. The fourth-order valence-corrected chi connectivity index (χ4v) is 1.44. The molecule has 0 saturated carbocycles. The lowest BCUT2D eigenvalue weighted by molar-refractivity contribution is -0.462. The monoisotopic (exact) mass is 208 g/mol. The van der Waals surface area contributed by atoms with E-state index in [-0.39, 0.29) is 5.97 Å². The summed E-state index contributed by atoms with van der Waals surface area (Å²) < 4.78 is 6.66. The van der Waals surface area contributed by atoms with Crippen LogP contribution in [0.15, 0.2) is 24.3 Å². The van der Waals surface area contributed by atoms with E-state index < -0.39 is 0 Å². The van der Waals surface area contributed by atoms with Gasteiger partial charge in [0.2, 0.25) is 0 Å². The zero-order valence-electron chi connectivity index (χ0n) is 9.56. The van der Waals surface area contributed by atoms with Gasteiger partial charge in [0.05, 0.1) is 7.11 Å². The fraction of sp³-hybridized carbons (Fsp3) is 0.500. The molecule has 0 atom stereocenters. The van der Waals surface area contributed by atoms with Gasteiger partial charge in [-0.15, -0.1) is 0 Å². The van der Waals surface area contributed by atoms with Crippen molar-refractivity contribution in [3.8, 4) is 0 Å². The first kappa shape index (κ1) is 11.7. The van der Waals surface area contributed by atoms with E-state index in [9.17, 15) is 4.79 Å². The summed E-state index contributed by atoms with van der Waals surface area (Å²) in [6, 6.07) is 0. The maximum absolute atomic E-state index is 10.9. The molecular weight excluding hydrogens is 190 g/mol. The molecule has 0 heterocycles. The molecule has 1 aliphatic rings. The Hall–Kier alpha value is -1.38. The van der Waals surface area contributed by atoms with Gasteiger partial charge in [-0.3, -0.25) is 4.79 Å². The summed E-state index contributed by atoms with van der Waals surface area (Å²) >= 11 is 0. The van der Waals surface area contributed by atoms with Gasteiger partial charge < -0.3 is 4.74 Å². The Balaban J connectivity index is 2.44. The van der Waals surface area contributed by atoms with Crippen molar-refractivity contribution in [3.05, 3.63) is 24.3 Å². The van der Waals surface area contributed by atoms with Crippen molar-refractivity contribution >= 4 is 11.7 Å². The van der Waals surface area contributed by atoms with Crippen LogP contribution >= 0.6 is 0 Å². The van der Waals surface area contributed by atoms with Crippen LogP contribution < -0.4 is 0 Å². The molecule has 0 aromatic heterocycles. The van der Waals surface area contributed by atoms with E-state index in [2.05, 4.69) is 33.6 Å². The number of allylic oxidation sites excluding steroid dienone is 4. The molecule has 0 N–H and O–H groups in total. The molecule has 0 radical (unpaired) electrons. The van der Waals surface area contributed by atoms with Gasteiger partial charge in [-0.25, -0.2) is 4.58 Å². The van der Waals surface area contributed by atoms with E-state index in [0.717, 1.165) is 6.42 Å². The van der Waals surface area contributed by atoms with Crippen LogP contribution in [0.3, 0.4) is 0 Å². The number of ether oxygens (including phenoxy) is 1. The molecule has 1 rings (SSSR count). The lowest BCUT2D eigenvalue weighted by Crippen LogP contribution is -2.12. The number of nitrogens with zero attached hydrogens (tertiary/aromatic N) is 1. The number of esters is 1. The van der Waals surface area contributed by atoms with Crippen molar-refractivity contribution in [1.29, 1.82) is 0 Å². The highest BCUT2D eigenvalue weighted by Gasteiger charge is 2.11. The summed E-state index contributed by atoms with van der Waals surface area (Å²) in [4.78, 5) is 10.9. The van der Waals surface area contributed by atoms with Crippen molar-refractivity contribution in [2.75, 3.05) is 21.2 Å². The first-order valence-electron chi connectivity index (χ1n) is 5.11. The van der Waals surface area contributed by atoms with E-state index in [1.165, 1.54) is 12.8 Å². The van der Waals surface area contributed by atoms with E-state index in [0.29, 0.717) is 12.3 Å². The van der Waals surface area contributed by atoms with Gasteiger partial charge in [-0.2, -0.15) is 0 Å². The van der Waals surface area contributed by atoms with Gasteiger partial charge in [0.1, 0.15) is 14.1 Å². The predicted molar refractivity (Wildman–Crippen MR) is 60.1 cm³/mol. The van der Waals surface area contributed by atoms with Crippen molar-refractivity contribution in [1.82, 2.24) is 0 Å². The van der Waals surface area contributed by atoms with Gasteiger partial charge in [0.25, 0.3) is 0 Å². The number of hydrogen-bond acceptors (Lipinski definition) is 2. The maximum Gasteiger partial charge on any atom is 0.305 e. The maximum atomic E-state index is 10.9. The normalized spacial score (nSPS) is 19.1. The Labute approximate surface area is 90.7 Å². The van der Waals surface area contributed by atoms with Crippen molar-refractivity contribution in [2.45, 2.75) is 12.8 Å². The van der Waals surface area contributed by atoms with Crippen LogP contribution in [-0.2, 0) is 9.53 Å². The lowest BCUT2D eigenvalue weighted by atomic mass is 9.97. The highest BCUT2D eigenvalue weighted by atomic mass is 16.5. The third kappa shape index (κ3) is 3.70. The summed E-state index contributed by atoms with van der Waals surface area (Å²) in [6.07, 6.45) is 9.72. The van der Waals surface area contributed by atoms with Crippen LogP contribution in [0, 0.1) is 5.92 Å². The van der Waals surface area contributed by atoms with Crippen LogP contribution in [0.2, 0.25) is 0 Å². The van der Waals surface area contributed by atoms with E-state index in [1.54, 1.807) is 0 Å². The second-order valence-electron chi connectivity index (χ2n) is 3.82. The third-order valence-corrected chi connectivity index (χ3v) is 2.45.